The summed E-state index contributed by atoms with van der Waals surface area (Å²) in [6, 6.07) is 42.1. The number of carbonyl (C=O) groups excluding carboxylic acids is 7. The quantitative estimate of drug-likeness (QED) is 0.0663. The molecule has 16 heteroatoms. The molecule has 6 rings (SSSR count). The van der Waals surface area contributed by atoms with Gasteiger partial charge in [-0.25, -0.2) is 28.8 Å². The monoisotopic (exact) mass is 942 g/mol. The smallest absolute Gasteiger partial charge is 1.00 e. The van der Waals surface area contributed by atoms with Crippen molar-refractivity contribution in [2.75, 3.05) is 42.7 Å². The minimum absolute atomic E-state index is 0. The van der Waals surface area contributed by atoms with Crippen molar-refractivity contribution in [1.82, 2.24) is 0 Å². The summed E-state index contributed by atoms with van der Waals surface area (Å²) in [6.07, 6.45) is -0.849. The maximum absolute atomic E-state index is 12.3. The van der Waals surface area contributed by atoms with E-state index in [-0.39, 0.29) is 53.2 Å². The fraction of sp³-hybridized carbons (Fsp3) is 0.157. The van der Waals surface area contributed by atoms with Crippen LogP contribution in [0.4, 0.5) is 0 Å². The molecule has 0 bridgehead atoms. The van der Waals surface area contributed by atoms with E-state index in [1.54, 1.807) is 109 Å². The molecule has 0 aliphatic rings. The third-order valence-electron chi connectivity index (χ3n) is 9.04. The molecule has 0 amide bonds. The number of aliphatic hydroxyl groups is 1. The minimum atomic E-state index is -0.849. The van der Waals surface area contributed by atoms with Crippen molar-refractivity contribution in [3.8, 4) is 0 Å². The number of carbonyl (C=O) groups is 7. The topological polar surface area (TPSA) is 195 Å². The van der Waals surface area contributed by atoms with Gasteiger partial charge in [-0.2, -0.15) is 30.3 Å². The van der Waals surface area contributed by atoms with Crippen LogP contribution >= 0.6 is 0 Å². The first kappa shape index (κ1) is 57.8. The summed E-state index contributed by atoms with van der Waals surface area (Å²) in [5, 5.41) is 10.3. The molecule has 0 radical (unpaired) electrons. The Morgan fingerprint density at radius 3 is 0.836 bits per heavy atom. The van der Waals surface area contributed by atoms with E-state index in [2.05, 4.69) is 34.5 Å². The maximum atomic E-state index is 12.3. The van der Waals surface area contributed by atoms with Gasteiger partial charge < -0.3 is 45.9 Å². The Morgan fingerprint density at radius 1 is 0.373 bits per heavy atom. The summed E-state index contributed by atoms with van der Waals surface area (Å²) in [4.78, 5) is 79.4. The summed E-state index contributed by atoms with van der Waals surface area (Å²) in [5.74, 6) is -2.57. The molecule has 0 saturated carbocycles. The molecule has 344 valence electrons. The van der Waals surface area contributed by atoms with Gasteiger partial charge in [-0.1, -0.05) is 66.2 Å². The normalized spacial score (nSPS) is 9.51. The molecular formula is C51H47ClMgO14. The van der Waals surface area contributed by atoms with Gasteiger partial charge in [0.1, 0.15) is 6.10 Å². The summed E-state index contributed by atoms with van der Waals surface area (Å²) >= 11 is 0. The Hall–Kier alpha value is -7.17. The number of rotatable bonds is 10. The molecule has 0 aliphatic heterocycles. The molecule has 0 heterocycles. The molecule has 0 fully saturated rings. The van der Waals surface area contributed by atoms with Gasteiger partial charge in [0.15, 0.2) is 5.78 Å². The van der Waals surface area contributed by atoms with Crippen molar-refractivity contribution in [2.45, 2.75) is 13.0 Å². The van der Waals surface area contributed by atoms with Crippen LogP contribution < -0.4 is 12.4 Å². The van der Waals surface area contributed by atoms with Gasteiger partial charge in [-0.3, -0.25) is 4.79 Å². The Morgan fingerprint density at radius 2 is 0.582 bits per heavy atom. The number of aliphatic hydroxyl groups excluding tert-OH is 1. The van der Waals surface area contributed by atoms with Crippen LogP contribution in [0.25, 0.3) is 0 Å². The predicted octanol–water partition coefficient (Wildman–Crippen LogP) is 4.51. The number of esters is 6. The molecule has 6 aromatic carbocycles. The molecule has 6 aromatic rings. The molecule has 0 atom stereocenters. The van der Waals surface area contributed by atoms with Crippen molar-refractivity contribution >= 4 is 64.7 Å². The van der Waals surface area contributed by atoms with E-state index in [0.29, 0.717) is 55.6 Å². The van der Waals surface area contributed by atoms with Crippen LogP contribution in [0.2, 0.25) is 0 Å². The Bertz CT molecular complexity index is 2390. The number of hydrogen-bond acceptors (Lipinski definition) is 14. The van der Waals surface area contributed by atoms with Gasteiger partial charge in [0, 0.05) is 11.1 Å². The van der Waals surface area contributed by atoms with E-state index in [9.17, 15) is 38.7 Å². The van der Waals surface area contributed by atoms with Gasteiger partial charge in [-0.15, -0.1) is 0 Å². The maximum Gasteiger partial charge on any atom is 2.00 e. The zero-order chi connectivity index (χ0) is 47.9. The van der Waals surface area contributed by atoms with E-state index in [4.69, 9.17) is 0 Å². The third-order valence-corrected chi connectivity index (χ3v) is 9.04. The van der Waals surface area contributed by atoms with Crippen molar-refractivity contribution in [2.24, 2.45) is 0 Å². The second-order valence-electron chi connectivity index (χ2n) is 13.2. The third kappa shape index (κ3) is 18.0. The van der Waals surface area contributed by atoms with Gasteiger partial charge in [-0.05, 0) is 84.3 Å². The average Bonchev–Trinajstić information content (AvgIpc) is 3.37. The molecular weight excluding hydrogens is 896 g/mol. The number of halogens is 1. The van der Waals surface area contributed by atoms with Gasteiger partial charge in [0.25, 0.3) is 0 Å². The first-order chi connectivity index (χ1) is 31.2. The van der Waals surface area contributed by atoms with Crippen LogP contribution in [0.3, 0.4) is 0 Å². The SMILES string of the molecule is COC(=O)c1cc[c-]cc1.COC(=O)c1ccc(C(=O)c2ccc(C(=O)OC)cc2)cc1.COC(=O)c1ccc(C(O)c2ccc(C(=O)OC)cc2)cc1.COC(=O)c1ccc(C)cc1.[Cl-].[Mg+2]. The number of ether oxygens (including phenoxy) is 6. The number of methoxy groups -OCH3 is 6. The first-order valence-electron chi connectivity index (χ1n) is 19.4. The zero-order valence-electron chi connectivity index (χ0n) is 37.8. The molecule has 67 heavy (non-hydrogen) atoms. The fourth-order valence-electron chi connectivity index (χ4n) is 5.40. The first-order valence-corrected chi connectivity index (χ1v) is 19.4. The Balaban J connectivity index is 0.000000467. The zero-order valence-corrected chi connectivity index (χ0v) is 39.9. The second-order valence-corrected chi connectivity index (χ2v) is 13.2. The molecule has 0 spiro atoms. The summed E-state index contributed by atoms with van der Waals surface area (Å²) in [6.45, 7) is 1.97. The van der Waals surface area contributed by atoms with E-state index in [1.807, 2.05) is 19.1 Å². The average molecular weight is 944 g/mol. The van der Waals surface area contributed by atoms with Crippen LogP contribution in [0, 0.1) is 13.0 Å². The van der Waals surface area contributed by atoms with Crippen LogP contribution in [-0.4, -0.2) is 112 Å². The van der Waals surface area contributed by atoms with Crippen molar-refractivity contribution in [1.29, 1.82) is 0 Å². The van der Waals surface area contributed by atoms with Crippen molar-refractivity contribution in [3.05, 3.63) is 213 Å². The standard InChI is InChI=1S/C17H16O5.C17H14O5.C9H10O2.C8H7O2.ClH.Mg/c2*1-21-16(19)13-7-3-11(4-8-13)15(18)12-5-9-14(10-6-12)17(20)22-2;1-7-3-5-8(6-4-7)9(10)11-2;1-10-8(9)7-5-3-2-4-6-7;;/h3-10,15,18H,1-2H3;3-10H,1-2H3;3-6H,1-2H3;3-6H,1H3;1H;/q;;;-1;;+2/p-1. The summed E-state index contributed by atoms with van der Waals surface area (Å²) < 4.78 is 27.5. The van der Waals surface area contributed by atoms with E-state index >= 15 is 0 Å². The largest absolute Gasteiger partial charge is 2.00 e. The number of aryl methyl sites for hydroxylation is 1. The fourth-order valence-corrected chi connectivity index (χ4v) is 5.40. The summed E-state index contributed by atoms with van der Waals surface area (Å²) in [7, 11) is 7.96. The van der Waals surface area contributed by atoms with Gasteiger partial charge >= 0.3 is 58.9 Å². The van der Waals surface area contributed by atoms with Crippen LogP contribution in [0.15, 0.2) is 146 Å². The van der Waals surface area contributed by atoms with Crippen LogP contribution in [-0.2, 0) is 28.4 Å². The summed E-state index contributed by atoms with van der Waals surface area (Å²) in [5.41, 5.74) is 6.03. The van der Waals surface area contributed by atoms with E-state index in [0.717, 1.165) is 5.56 Å². The molecule has 1 N–H and O–H groups in total. The molecule has 0 saturated heterocycles. The van der Waals surface area contributed by atoms with Crippen molar-refractivity contribution in [3.63, 3.8) is 0 Å². The molecule has 0 unspecified atom stereocenters. The van der Waals surface area contributed by atoms with E-state index < -0.39 is 30.0 Å². The minimum Gasteiger partial charge on any atom is -1.00 e. The number of benzene rings is 6. The van der Waals surface area contributed by atoms with Gasteiger partial charge in [0.05, 0.1) is 70.5 Å². The Labute approximate surface area is 410 Å². The van der Waals surface area contributed by atoms with E-state index in [1.165, 1.54) is 66.9 Å². The van der Waals surface area contributed by atoms with Gasteiger partial charge in [0.2, 0.25) is 0 Å². The Kier molecular flexibility index (Phi) is 26.0. The van der Waals surface area contributed by atoms with Crippen LogP contribution in [0.1, 0.15) is 101 Å². The van der Waals surface area contributed by atoms with Crippen LogP contribution in [0.5, 0.6) is 0 Å². The second kappa shape index (κ2) is 30.1. The number of ketones is 1. The molecule has 14 nitrogen and oxygen atoms in total. The number of hydrogen-bond donors (Lipinski definition) is 1. The molecule has 0 aromatic heterocycles. The van der Waals surface area contributed by atoms with Crippen molar-refractivity contribution < 1.29 is 79.5 Å². The molecule has 0 aliphatic carbocycles. The predicted molar refractivity (Wildman–Crippen MR) is 244 cm³/mol.